The van der Waals surface area contributed by atoms with Crippen LogP contribution in [0.15, 0.2) is 44.3 Å². The van der Waals surface area contributed by atoms with Crippen LogP contribution in [0, 0.1) is 5.82 Å². The van der Waals surface area contributed by atoms with Crippen molar-refractivity contribution in [2.45, 2.75) is 11.6 Å². The van der Waals surface area contributed by atoms with Crippen LogP contribution in [0.4, 0.5) is 10.1 Å². The van der Waals surface area contributed by atoms with Crippen LogP contribution in [0.2, 0.25) is 0 Å². The number of nitrogens with zero attached hydrogens (tertiary/aromatic N) is 1. The molecule has 1 aromatic heterocycles. The number of hydrogen-bond donors (Lipinski definition) is 1. The van der Waals surface area contributed by atoms with Gasteiger partial charge in [-0.2, -0.15) is 0 Å². The third kappa shape index (κ3) is 3.63. The minimum atomic E-state index is -3.57. The van der Waals surface area contributed by atoms with Crippen LogP contribution in [0.3, 0.4) is 0 Å². The van der Waals surface area contributed by atoms with Gasteiger partial charge in [0.2, 0.25) is 5.09 Å². The second kappa shape index (κ2) is 6.17. The van der Waals surface area contributed by atoms with Gasteiger partial charge in [-0.3, -0.25) is 0 Å². The number of nitrogens with one attached hydrogen (secondary N) is 1. The average Bonchev–Trinajstić information content (AvgIpc) is 2.89. The molecule has 0 unspecified atom stereocenters. The molecule has 0 saturated carbocycles. The van der Waals surface area contributed by atoms with E-state index in [1.807, 2.05) is 0 Å². The highest BCUT2D eigenvalue weighted by atomic mass is 79.9. The summed E-state index contributed by atoms with van der Waals surface area (Å²) in [5.74, 6) is 0.119. The molecule has 0 bridgehead atoms. The Kier molecular flexibility index (Phi) is 4.70. The van der Waals surface area contributed by atoms with Gasteiger partial charge in [0.05, 0.1) is 11.0 Å². The highest BCUT2D eigenvalue weighted by molar-refractivity contribution is 9.10. The van der Waals surface area contributed by atoms with Gasteiger partial charge < -0.3 is 9.73 Å². The Morgan fingerprint density at radius 3 is 2.62 bits per heavy atom. The first-order valence-electron chi connectivity index (χ1n) is 6.01. The summed E-state index contributed by atoms with van der Waals surface area (Å²) in [4.78, 5) is 0. The smallest absolute Gasteiger partial charge is 0.275 e. The van der Waals surface area contributed by atoms with E-state index in [-0.39, 0.29) is 10.9 Å². The predicted octanol–water partition coefficient (Wildman–Crippen LogP) is 3.04. The SMILES string of the molecule is CN(C)S(=O)(=O)c1ccc(CNc2ccc(F)c(Br)c2)o1. The number of rotatable bonds is 5. The maximum Gasteiger partial charge on any atom is 0.275 e. The van der Waals surface area contributed by atoms with Crippen molar-refractivity contribution in [1.82, 2.24) is 4.31 Å². The maximum atomic E-state index is 13.1. The summed E-state index contributed by atoms with van der Waals surface area (Å²) in [5, 5.41) is 2.92. The van der Waals surface area contributed by atoms with Crippen molar-refractivity contribution in [3.8, 4) is 0 Å². The van der Waals surface area contributed by atoms with E-state index in [0.717, 1.165) is 4.31 Å². The standard InChI is InChI=1S/C13H14BrFN2O3S/c1-17(2)21(18,19)13-6-4-10(20-13)8-16-9-3-5-12(15)11(14)7-9/h3-7,16H,8H2,1-2H3. The molecular formula is C13H14BrFN2O3S. The lowest BCUT2D eigenvalue weighted by molar-refractivity contribution is 0.402. The molecule has 0 aliphatic carbocycles. The number of sulfonamides is 1. The summed E-state index contributed by atoms with van der Waals surface area (Å²) < 4.78 is 43.6. The van der Waals surface area contributed by atoms with Crippen molar-refractivity contribution in [3.63, 3.8) is 0 Å². The Balaban J connectivity index is 2.08. The maximum absolute atomic E-state index is 13.1. The molecule has 0 spiro atoms. The van der Waals surface area contributed by atoms with Gasteiger partial charge in [0.1, 0.15) is 11.6 Å². The van der Waals surface area contributed by atoms with Crippen LogP contribution < -0.4 is 5.32 Å². The van der Waals surface area contributed by atoms with E-state index in [1.165, 1.54) is 26.2 Å². The van der Waals surface area contributed by atoms with Gasteiger partial charge in [0, 0.05) is 19.8 Å². The van der Waals surface area contributed by atoms with Gasteiger partial charge in [0.25, 0.3) is 10.0 Å². The molecule has 0 fully saturated rings. The van der Waals surface area contributed by atoms with Gasteiger partial charge in [-0.1, -0.05) is 0 Å². The van der Waals surface area contributed by atoms with Crippen molar-refractivity contribution in [3.05, 3.63) is 46.4 Å². The van der Waals surface area contributed by atoms with Crippen LogP contribution in [-0.2, 0) is 16.6 Å². The Bertz CT molecular complexity index is 744. The monoisotopic (exact) mass is 376 g/mol. The normalized spacial score (nSPS) is 11.9. The molecule has 0 amide bonds. The zero-order chi connectivity index (χ0) is 15.6. The molecule has 114 valence electrons. The lowest BCUT2D eigenvalue weighted by Gasteiger charge is -2.08. The Labute approximate surface area is 130 Å². The minimum Gasteiger partial charge on any atom is -0.446 e. The lowest BCUT2D eigenvalue weighted by atomic mass is 10.3. The first kappa shape index (κ1) is 16.0. The van der Waals surface area contributed by atoms with E-state index in [0.29, 0.717) is 22.5 Å². The topological polar surface area (TPSA) is 62.6 Å². The fraction of sp³-hybridized carbons (Fsp3) is 0.231. The highest BCUT2D eigenvalue weighted by Gasteiger charge is 2.21. The molecular weight excluding hydrogens is 363 g/mol. The number of benzene rings is 1. The number of hydrogen-bond acceptors (Lipinski definition) is 4. The zero-order valence-corrected chi connectivity index (χ0v) is 13.8. The van der Waals surface area contributed by atoms with Crippen molar-refractivity contribution in [2.75, 3.05) is 19.4 Å². The summed E-state index contributed by atoms with van der Waals surface area (Å²) in [6.07, 6.45) is 0. The summed E-state index contributed by atoms with van der Waals surface area (Å²) in [6.45, 7) is 0.293. The molecule has 0 aliphatic rings. The second-order valence-corrected chi connectivity index (χ2v) is 7.43. The molecule has 5 nitrogen and oxygen atoms in total. The summed E-state index contributed by atoms with van der Waals surface area (Å²) in [6, 6.07) is 7.50. The predicted molar refractivity (Wildman–Crippen MR) is 81.0 cm³/mol. The van der Waals surface area contributed by atoms with E-state index < -0.39 is 10.0 Å². The third-order valence-electron chi connectivity index (χ3n) is 2.76. The van der Waals surface area contributed by atoms with Crippen molar-refractivity contribution >= 4 is 31.6 Å². The number of halogens is 2. The molecule has 0 aliphatic heterocycles. The first-order valence-corrected chi connectivity index (χ1v) is 8.24. The highest BCUT2D eigenvalue weighted by Crippen LogP contribution is 2.21. The largest absolute Gasteiger partial charge is 0.446 e. The Morgan fingerprint density at radius 2 is 2.00 bits per heavy atom. The Morgan fingerprint density at radius 1 is 1.29 bits per heavy atom. The molecule has 1 aromatic carbocycles. The van der Waals surface area contributed by atoms with Gasteiger partial charge in [-0.05, 0) is 46.3 Å². The van der Waals surface area contributed by atoms with Gasteiger partial charge >= 0.3 is 0 Å². The molecule has 21 heavy (non-hydrogen) atoms. The van der Waals surface area contributed by atoms with Crippen molar-refractivity contribution in [1.29, 1.82) is 0 Å². The summed E-state index contributed by atoms with van der Waals surface area (Å²) in [5.41, 5.74) is 0.691. The molecule has 2 aromatic rings. The molecule has 2 rings (SSSR count). The van der Waals surface area contributed by atoms with Crippen LogP contribution >= 0.6 is 15.9 Å². The molecule has 0 saturated heterocycles. The van der Waals surface area contributed by atoms with Crippen LogP contribution in [-0.4, -0.2) is 26.8 Å². The first-order chi connectivity index (χ1) is 9.80. The van der Waals surface area contributed by atoms with Gasteiger partial charge in [-0.15, -0.1) is 0 Å². The van der Waals surface area contributed by atoms with Crippen LogP contribution in [0.25, 0.3) is 0 Å². The third-order valence-corrected chi connectivity index (χ3v) is 5.06. The van der Waals surface area contributed by atoms with Crippen molar-refractivity contribution < 1.29 is 17.2 Å². The lowest BCUT2D eigenvalue weighted by Crippen LogP contribution is -2.21. The minimum absolute atomic E-state index is 0.107. The number of anilines is 1. The average molecular weight is 377 g/mol. The molecule has 0 atom stereocenters. The fourth-order valence-corrected chi connectivity index (χ4v) is 2.76. The van der Waals surface area contributed by atoms with E-state index in [1.54, 1.807) is 18.2 Å². The molecule has 1 heterocycles. The van der Waals surface area contributed by atoms with E-state index in [2.05, 4.69) is 21.2 Å². The molecule has 0 radical (unpaired) electrons. The second-order valence-electron chi connectivity index (χ2n) is 4.49. The van der Waals surface area contributed by atoms with Crippen LogP contribution in [0.1, 0.15) is 5.76 Å². The Hall–Kier alpha value is -1.38. The van der Waals surface area contributed by atoms with Gasteiger partial charge in [-0.25, -0.2) is 17.1 Å². The number of furan rings is 1. The van der Waals surface area contributed by atoms with Crippen molar-refractivity contribution in [2.24, 2.45) is 0 Å². The van der Waals surface area contributed by atoms with Gasteiger partial charge in [0.15, 0.2) is 0 Å². The summed E-state index contributed by atoms with van der Waals surface area (Å²) in [7, 11) is -0.697. The van der Waals surface area contributed by atoms with E-state index in [9.17, 15) is 12.8 Å². The molecule has 8 heteroatoms. The fourth-order valence-electron chi connectivity index (χ4n) is 1.57. The van der Waals surface area contributed by atoms with E-state index in [4.69, 9.17) is 4.42 Å². The van der Waals surface area contributed by atoms with Crippen LogP contribution in [0.5, 0.6) is 0 Å². The zero-order valence-electron chi connectivity index (χ0n) is 11.4. The quantitative estimate of drug-likeness (QED) is 0.870. The van der Waals surface area contributed by atoms with E-state index >= 15 is 0 Å². The summed E-state index contributed by atoms with van der Waals surface area (Å²) >= 11 is 3.10. The molecule has 1 N–H and O–H groups in total.